The summed E-state index contributed by atoms with van der Waals surface area (Å²) in [4.78, 5) is 0. The molecule has 0 aliphatic heterocycles. The van der Waals surface area contributed by atoms with E-state index in [2.05, 4.69) is 92.8 Å². The van der Waals surface area contributed by atoms with Gasteiger partial charge in [0.15, 0.2) is 0 Å². The van der Waals surface area contributed by atoms with Gasteiger partial charge in [0.05, 0.1) is 7.11 Å². The summed E-state index contributed by atoms with van der Waals surface area (Å²) in [7, 11) is 1.75. The van der Waals surface area contributed by atoms with E-state index in [1.165, 1.54) is 50.9 Å². The summed E-state index contributed by atoms with van der Waals surface area (Å²) in [6.07, 6.45) is 4.33. The molecule has 0 radical (unpaired) electrons. The minimum atomic E-state index is 0.548. The number of allylic oxidation sites excluding steroid dienone is 1. The Kier molecular flexibility index (Phi) is 7.67. The van der Waals surface area contributed by atoms with Crippen molar-refractivity contribution in [3.05, 3.63) is 100 Å². The Bertz CT molecular complexity index is 1090. The number of fused-ring (bicyclic) bond motifs is 1. The third-order valence-electron chi connectivity index (χ3n) is 6.71. The number of methoxy groups -OCH3 is 1. The lowest BCUT2D eigenvalue weighted by Crippen LogP contribution is -2.17. The van der Waals surface area contributed by atoms with Crippen molar-refractivity contribution < 1.29 is 4.74 Å². The SMILES string of the molecule is CCCNCCc1ccc(C2=C(c3ccc(C(C)C)cc3)CCc3cc(OC)ccc32)cc1. The lowest BCUT2D eigenvalue weighted by molar-refractivity contribution is 0.414. The van der Waals surface area contributed by atoms with Crippen LogP contribution in [-0.4, -0.2) is 20.2 Å². The second-order valence-corrected chi connectivity index (χ2v) is 9.35. The zero-order valence-electron chi connectivity index (χ0n) is 20.6. The number of ether oxygens (including phenoxy) is 1. The van der Waals surface area contributed by atoms with Crippen LogP contribution in [0, 0.1) is 0 Å². The highest BCUT2D eigenvalue weighted by atomic mass is 16.5. The molecule has 33 heavy (non-hydrogen) atoms. The smallest absolute Gasteiger partial charge is 0.119 e. The molecule has 3 aromatic carbocycles. The third-order valence-corrected chi connectivity index (χ3v) is 6.71. The predicted octanol–water partition coefficient (Wildman–Crippen LogP) is 7.27. The molecule has 0 amide bonds. The van der Waals surface area contributed by atoms with Crippen LogP contribution in [0.15, 0.2) is 66.7 Å². The third kappa shape index (κ3) is 5.39. The van der Waals surface area contributed by atoms with E-state index in [1.807, 2.05) is 0 Å². The Morgan fingerprint density at radius 3 is 2.24 bits per heavy atom. The molecule has 2 nitrogen and oxygen atoms in total. The maximum absolute atomic E-state index is 5.52. The first-order valence-corrected chi connectivity index (χ1v) is 12.4. The molecule has 0 unspecified atom stereocenters. The van der Waals surface area contributed by atoms with Crippen LogP contribution in [0.25, 0.3) is 11.1 Å². The van der Waals surface area contributed by atoms with Crippen LogP contribution in [0.2, 0.25) is 0 Å². The van der Waals surface area contributed by atoms with Gasteiger partial charge in [-0.15, -0.1) is 0 Å². The van der Waals surface area contributed by atoms with E-state index in [0.29, 0.717) is 5.92 Å². The normalized spacial score (nSPS) is 13.4. The summed E-state index contributed by atoms with van der Waals surface area (Å²) in [6, 6.07) is 25.0. The highest BCUT2D eigenvalue weighted by molar-refractivity contribution is 6.00. The van der Waals surface area contributed by atoms with Crippen molar-refractivity contribution in [3.8, 4) is 5.75 Å². The predicted molar refractivity (Wildman–Crippen MR) is 141 cm³/mol. The summed E-state index contributed by atoms with van der Waals surface area (Å²) in [5.41, 5.74) is 10.9. The summed E-state index contributed by atoms with van der Waals surface area (Å²) in [5, 5.41) is 3.51. The zero-order chi connectivity index (χ0) is 23.2. The molecule has 0 spiro atoms. The lowest BCUT2D eigenvalue weighted by Gasteiger charge is -2.25. The van der Waals surface area contributed by atoms with Gasteiger partial charge in [-0.25, -0.2) is 0 Å². The molecular formula is C31H37NO. The second-order valence-electron chi connectivity index (χ2n) is 9.35. The highest BCUT2D eigenvalue weighted by Crippen LogP contribution is 2.42. The number of hydrogen-bond acceptors (Lipinski definition) is 2. The highest BCUT2D eigenvalue weighted by Gasteiger charge is 2.22. The van der Waals surface area contributed by atoms with E-state index in [1.54, 1.807) is 7.11 Å². The van der Waals surface area contributed by atoms with Gasteiger partial charge in [0.25, 0.3) is 0 Å². The van der Waals surface area contributed by atoms with E-state index >= 15 is 0 Å². The van der Waals surface area contributed by atoms with Crippen LogP contribution >= 0.6 is 0 Å². The average molecular weight is 440 g/mol. The Hall–Kier alpha value is -2.84. The fraction of sp³-hybridized carbons (Fsp3) is 0.355. The molecule has 0 saturated heterocycles. The van der Waals surface area contributed by atoms with Crippen LogP contribution in [0.5, 0.6) is 5.75 Å². The van der Waals surface area contributed by atoms with Gasteiger partial charge in [-0.2, -0.15) is 0 Å². The Balaban J connectivity index is 1.73. The Morgan fingerprint density at radius 1 is 0.848 bits per heavy atom. The molecule has 1 aliphatic carbocycles. The number of hydrogen-bond donors (Lipinski definition) is 1. The standard InChI is InChI=1S/C31H37NO/c1-5-19-32-20-18-23-6-8-26(9-7-23)31-29(25-12-10-24(11-13-25)22(2)3)16-14-27-21-28(33-4)15-17-30(27)31/h6-13,15,17,21-22,32H,5,14,16,18-20H2,1-4H3. The molecule has 0 saturated carbocycles. The largest absolute Gasteiger partial charge is 0.497 e. The fourth-order valence-corrected chi connectivity index (χ4v) is 4.76. The molecular weight excluding hydrogens is 402 g/mol. The minimum absolute atomic E-state index is 0.548. The Morgan fingerprint density at radius 2 is 1.58 bits per heavy atom. The summed E-state index contributed by atoms with van der Waals surface area (Å²) in [6.45, 7) is 8.84. The molecule has 0 heterocycles. The summed E-state index contributed by atoms with van der Waals surface area (Å²) in [5.74, 6) is 1.49. The van der Waals surface area contributed by atoms with E-state index in [4.69, 9.17) is 4.74 Å². The van der Waals surface area contributed by atoms with Crippen molar-refractivity contribution in [1.29, 1.82) is 0 Å². The van der Waals surface area contributed by atoms with E-state index in [9.17, 15) is 0 Å². The van der Waals surface area contributed by atoms with Gasteiger partial charge < -0.3 is 10.1 Å². The number of nitrogens with one attached hydrogen (secondary N) is 1. The van der Waals surface area contributed by atoms with Crippen LogP contribution in [-0.2, 0) is 12.8 Å². The topological polar surface area (TPSA) is 21.3 Å². The summed E-state index contributed by atoms with van der Waals surface area (Å²) < 4.78 is 5.52. The zero-order valence-corrected chi connectivity index (χ0v) is 20.6. The molecule has 0 aromatic heterocycles. The van der Waals surface area contributed by atoms with Gasteiger partial charge in [-0.05, 0) is 101 Å². The quantitative estimate of drug-likeness (QED) is 0.354. The van der Waals surface area contributed by atoms with E-state index in [-0.39, 0.29) is 0 Å². The lowest BCUT2D eigenvalue weighted by atomic mass is 9.79. The number of benzene rings is 3. The fourth-order valence-electron chi connectivity index (χ4n) is 4.76. The molecule has 4 rings (SSSR count). The first-order chi connectivity index (χ1) is 16.1. The monoisotopic (exact) mass is 439 g/mol. The molecule has 0 atom stereocenters. The van der Waals surface area contributed by atoms with Gasteiger partial charge in [0, 0.05) is 0 Å². The number of aryl methyl sites for hydroxylation is 1. The molecule has 2 heteroatoms. The first kappa shape index (κ1) is 23.3. The van der Waals surface area contributed by atoms with Gasteiger partial charge in [-0.3, -0.25) is 0 Å². The van der Waals surface area contributed by atoms with Crippen LogP contribution in [0.4, 0.5) is 0 Å². The van der Waals surface area contributed by atoms with E-state index in [0.717, 1.165) is 38.1 Å². The van der Waals surface area contributed by atoms with Crippen molar-refractivity contribution >= 4 is 11.1 Å². The molecule has 1 N–H and O–H groups in total. The average Bonchev–Trinajstić information content (AvgIpc) is 2.86. The van der Waals surface area contributed by atoms with Crippen molar-refractivity contribution in [3.63, 3.8) is 0 Å². The Labute approximate surface area is 199 Å². The van der Waals surface area contributed by atoms with E-state index < -0.39 is 0 Å². The van der Waals surface area contributed by atoms with Crippen molar-refractivity contribution in [1.82, 2.24) is 5.32 Å². The maximum atomic E-state index is 5.52. The molecule has 172 valence electrons. The van der Waals surface area contributed by atoms with Crippen molar-refractivity contribution in [2.75, 3.05) is 20.2 Å². The van der Waals surface area contributed by atoms with Gasteiger partial charge >= 0.3 is 0 Å². The minimum Gasteiger partial charge on any atom is -0.497 e. The maximum Gasteiger partial charge on any atom is 0.119 e. The van der Waals surface area contributed by atoms with Crippen LogP contribution < -0.4 is 10.1 Å². The molecule has 1 aliphatic rings. The van der Waals surface area contributed by atoms with Crippen LogP contribution in [0.3, 0.4) is 0 Å². The first-order valence-electron chi connectivity index (χ1n) is 12.4. The van der Waals surface area contributed by atoms with Gasteiger partial charge in [0.1, 0.15) is 5.75 Å². The molecule has 0 fully saturated rings. The molecule has 0 bridgehead atoms. The summed E-state index contributed by atoms with van der Waals surface area (Å²) >= 11 is 0. The van der Waals surface area contributed by atoms with Crippen molar-refractivity contribution in [2.24, 2.45) is 0 Å². The van der Waals surface area contributed by atoms with Crippen molar-refractivity contribution in [2.45, 2.75) is 52.4 Å². The van der Waals surface area contributed by atoms with Gasteiger partial charge in [0.2, 0.25) is 0 Å². The molecule has 3 aromatic rings. The van der Waals surface area contributed by atoms with Gasteiger partial charge in [-0.1, -0.05) is 75.4 Å². The number of rotatable bonds is 9. The van der Waals surface area contributed by atoms with Crippen LogP contribution in [0.1, 0.15) is 72.9 Å². The second kappa shape index (κ2) is 10.9.